The quantitative estimate of drug-likeness (QED) is 0.589. The second-order valence-electron chi connectivity index (χ2n) is 4.08. The van der Waals surface area contributed by atoms with Crippen molar-refractivity contribution >= 4 is 23.6 Å². The summed E-state index contributed by atoms with van der Waals surface area (Å²) in [4.78, 5) is 11.6. The Hall–Kier alpha value is -1.91. The van der Waals surface area contributed by atoms with Crippen molar-refractivity contribution in [1.29, 1.82) is 0 Å². The van der Waals surface area contributed by atoms with Gasteiger partial charge in [0, 0.05) is 24.4 Å². The van der Waals surface area contributed by atoms with Gasteiger partial charge in [-0.3, -0.25) is 0 Å². The number of alkyl halides is 3. The average Bonchev–Trinajstić information content (AvgIpc) is 2.43. The van der Waals surface area contributed by atoms with Gasteiger partial charge >= 0.3 is 12.3 Å². The lowest BCUT2D eigenvalue weighted by molar-refractivity contribution is -0.240. The van der Waals surface area contributed by atoms with Gasteiger partial charge in [0.25, 0.3) is 5.60 Å². The van der Waals surface area contributed by atoms with Crippen LogP contribution in [0, 0.1) is 11.8 Å². The van der Waals surface area contributed by atoms with E-state index in [2.05, 4.69) is 15.4 Å². The number of methoxy groups -OCH3 is 1. The standard InChI is InChI=1S/C13H9ClF3NO3/c1-20-8-4-7-12(13(15,16)17)9-5-2-3-6-10(9)18(14)11(19)21-12/h2-3,5-6H,8H2,1H3. The summed E-state index contributed by atoms with van der Waals surface area (Å²) in [6.07, 6.45) is -6.28. The van der Waals surface area contributed by atoms with Gasteiger partial charge in [0.2, 0.25) is 0 Å². The molecule has 1 heterocycles. The van der Waals surface area contributed by atoms with Crippen molar-refractivity contribution in [3.8, 4) is 11.8 Å². The van der Waals surface area contributed by atoms with Crippen molar-refractivity contribution in [2.24, 2.45) is 0 Å². The van der Waals surface area contributed by atoms with Crippen LogP contribution in [0.25, 0.3) is 0 Å². The number of para-hydroxylation sites is 1. The normalized spacial score (nSPS) is 21.2. The summed E-state index contributed by atoms with van der Waals surface area (Å²) in [6, 6.07) is 5.27. The number of benzene rings is 1. The van der Waals surface area contributed by atoms with Crippen molar-refractivity contribution in [3.05, 3.63) is 29.8 Å². The molecule has 0 bridgehead atoms. The van der Waals surface area contributed by atoms with Crippen molar-refractivity contribution in [1.82, 2.24) is 0 Å². The van der Waals surface area contributed by atoms with E-state index >= 15 is 0 Å². The highest BCUT2D eigenvalue weighted by molar-refractivity contribution is 6.36. The summed E-state index contributed by atoms with van der Waals surface area (Å²) >= 11 is 5.65. The summed E-state index contributed by atoms with van der Waals surface area (Å²) in [5.41, 5.74) is -3.54. The van der Waals surface area contributed by atoms with Gasteiger partial charge in [0.1, 0.15) is 6.61 Å². The number of rotatable bonds is 1. The van der Waals surface area contributed by atoms with E-state index in [1.807, 2.05) is 5.92 Å². The molecular formula is C13H9ClF3NO3. The number of carbonyl (C=O) groups is 1. The van der Waals surface area contributed by atoms with Gasteiger partial charge in [0.05, 0.1) is 5.69 Å². The fourth-order valence-corrected chi connectivity index (χ4v) is 2.06. The zero-order valence-corrected chi connectivity index (χ0v) is 11.5. The predicted molar refractivity (Wildman–Crippen MR) is 68.6 cm³/mol. The Morgan fingerprint density at radius 3 is 2.71 bits per heavy atom. The first-order valence-electron chi connectivity index (χ1n) is 5.67. The Bertz CT molecular complexity index is 623. The van der Waals surface area contributed by atoms with Crippen LogP contribution in [0.5, 0.6) is 0 Å². The van der Waals surface area contributed by atoms with Gasteiger partial charge in [-0.1, -0.05) is 24.1 Å². The van der Waals surface area contributed by atoms with Gasteiger partial charge in [-0.2, -0.15) is 17.6 Å². The van der Waals surface area contributed by atoms with Crippen LogP contribution < -0.4 is 4.42 Å². The second-order valence-corrected chi connectivity index (χ2v) is 4.42. The smallest absolute Gasteiger partial charge is 0.414 e. The van der Waals surface area contributed by atoms with E-state index in [-0.39, 0.29) is 17.9 Å². The molecule has 0 spiro atoms. The largest absolute Gasteiger partial charge is 0.445 e. The minimum atomic E-state index is -4.93. The van der Waals surface area contributed by atoms with E-state index in [1.165, 1.54) is 25.3 Å². The lowest BCUT2D eigenvalue weighted by Crippen LogP contribution is -2.51. The van der Waals surface area contributed by atoms with Gasteiger partial charge in [-0.15, -0.1) is 0 Å². The summed E-state index contributed by atoms with van der Waals surface area (Å²) in [6.45, 7) is -0.234. The maximum atomic E-state index is 13.5. The molecule has 1 atom stereocenters. The number of anilines is 1. The third-order valence-corrected chi connectivity index (χ3v) is 3.10. The molecule has 1 aliphatic rings. The molecule has 1 amide bonds. The topological polar surface area (TPSA) is 38.8 Å². The van der Waals surface area contributed by atoms with Gasteiger partial charge in [-0.05, 0) is 12.0 Å². The van der Waals surface area contributed by atoms with E-state index in [0.717, 1.165) is 6.07 Å². The zero-order chi connectivity index (χ0) is 15.7. The first-order valence-corrected chi connectivity index (χ1v) is 6.01. The van der Waals surface area contributed by atoms with Crippen molar-refractivity contribution in [2.75, 3.05) is 18.1 Å². The molecule has 0 saturated carbocycles. The molecule has 0 fully saturated rings. The minimum Gasteiger partial charge on any atom is -0.414 e. The van der Waals surface area contributed by atoms with E-state index in [0.29, 0.717) is 4.42 Å². The highest BCUT2D eigenvalue weighted by atomic mass is 35.5. The molecule has 0 N–H and O–H groups in total. The number of carbonyl (C=O) groups excluding carboxylic acids is 1. The molecule has 1 aromatic carbocycles. The minimum absolute atomic E-state index is 0.126. The molecule has 112 valence electrons. The number of nitrogens with zero attached hydrogens (tertiary/aromatic N) is 1. The molecule has 21 heavy (non-hydrogen) atoms. The number of amides is 1. The molecule has 8 heteroatoms. The number of cyclic esters (lactones) is 1. The van der Waals surface area contributed by atoms with Crippen molar-refractivity contribution in [2.45, 2.75) is 11.8 Å². The Labute approximate surface area is 123 Å². The molecule has 1 unspecified atom stereocenters. The van der Waals surface area contributed by atoms with Gasteiger partial charge in [0.15, 0.2) is 0 Å². The second kappa shape index (κ2) is 5.47. The van der Waals surface area contributed by atoms with Crippen LogP contribution in [0.3, 0.4) is 0 Å². The van der Waals surface area contributed by atoms with Crippen LogP contribution in [0.4, 0.5) is 23.7 Å². The number of hydrogen-bond acceptors (Lipinski definition) is 3. The summed E-state index contributed by atoms with van der Waals surface area (Å²) in [5, 5.41) is 0. The van der Waals surface area contributed by atoms with Crippen LogP contribution in [0.15, 0.2) is 24.3 Å². The maximum Gasteiger partial charge on any atom is 0.445 e. The molecule has 0 aromatic heterocycles. The maximum absolute atomic E-state index is 13.5. The van der Waals surface area contributed by atoms with Crippen LogP contribution in [-0.4, -0.2) is 26.0 Å². The van der Waals surface area contributed by atoms with E-state index in [4.69, 9.17) is 11.8 Å². The lowest BCUT2D eigenvalue weighted by Gasteiger charge is -2.37. The van der Waals surface area contributed by atoms with E-state index in [9.17, 15) is 18.0 Å². The highest BCUT2D eigenvalue weighted by Crippen LogP contribution is 2.49. The molecule has 1 aliphatic heterocycles. The first kappa shape index (κ1) is 15.5. The highest BCUT2D eigenvalue weighted by Gasteiger charge is 2.62. The SMILES string of the molecule is COCC#CC1(C(F)(F)F)OC(=O)N(Cl)c2ccccc21. The van der Waals surface area contributed by atoms with Crippen LogP contribution in [-0.2, 0) is 15.1 Å². The Morgan fingerprint density at radius 1 is 1.43 bits per heavy atom. The molecular weight excluding hydrogens is 311 g/mol. The monoisotopic (exact) mass is 319 g/mol. The number of hydrogen-bond donors (Lipinski definition) is 0. The van der Waals surface area contributed by atoms with Crippen molar-refractivity contribution in [3.63, 3.8) is 0 Å². The lowest BCUT2D eigenvalue weighted by atomic mass is 9.90. The Kier molecular flexibility index (Phi) is 4.03. The Balaban J connectivity index is 2.69. The average molecular weight is 320 g/mol. The number of fused-ring (bicyclic) bond motifs is 1. The molecule has 2 rings (SSSR count). The van der Waals surface area contributed by atoms with Crippen LogP contribution in [0.2, 0.25) is 0 Å². The summed E-state index contributed by atoms with van der Waals surface area (Å²) in [5.74, 6) is 4.15. The summed E-state index contributed by atoms with van der Waals surface area (Å²) in [7, 11) is 1.29. The third-order valence-electron chi connectivity index (χ3n) is 2.78. The molecule has 0 radical (unpaired) electrons. The van der Waals surface area contributed by atoms with Crippen LogP contribution in [0.1, 0.15) is 5.56 Å². The molecule has 4 nitrogen and oxygen atoms in total. The molecule has 0 saturated heterocycles. The van der Waals surface area contributed by atoms with Gasteiger partial charge < -0.3 is 9.47 Å². The van der Waals surface area contributed by atoms with E-state index in [1.54, 1.807) is 0 Å². The number of halogens is 4. The first-order chi connectivity index (χ1) is 9.83. The molecule has 1 aromatic rings. The van der Waals surface area contributed by atoms with Gasteiger partial charge in [-0.25, -0.2) is 4.79 Å². The fourth-order valence-electron chi connectivity index (χ4n) is 1.87. The predicted octanol–water partition coefficient (Wildman–Crippen LogP) is 3.20. The number of ether oxygens (including phenoxy) is 2. The third kappa shape index (κ3) is 2.52. The zero-order valence-electron chi connectivity index (χ0n) is 10.7. The Morgan fingerprint density at radius 2 is 2.10 bits per heavy atom. The van der Waals surface area contributed by atoms with Crippen LogP contribution >= 0.6 is 11.8 Å². The fraction of sp³-hybridized carbons (Fsp3) is 0.308. The van der Waals surface area contributed by atoms with E-state index < -0.39 is 17.9 Å². The van der Waals surface area contributed by atoms with Crippen molar-refractivity contribution < 1.29 is 27.4 Å². The summed E-state index contributed by atoms with van der Waals surface area (Å²) < 4.78 is 50.2. The molecule has 0 aliphatic carbocycles.